The molecule has 0 saturated carbocycles. The summed E-state index contributed by atoms with van der Waals surface area (Å²) in [6.45, 7) is 3.59. The number of para-hydroxylation sites is 1. The van der Waals surface area contributed by atoms with Crippen molar-refractivity contribution in [3.8, 4) is 0 Å². The largest absolute Gasteiger partial charge is 0.309 e. The molecule has 4 nitrogen and oxygen atoms in total. The number of hydrogen-bond acceptors (Lipinski definition) is 4. The predicted molar refractivity (Wildman–Crippen MR) is 85.4 cm³/mol. The Morgan fingerprint density at radius 2 is 2.00 bits per heavy atom. The highest BCUT2D eigenvalue weighted by Crippen LogP contribution is 2.29. The molecule has 0 atom stereocenters. The van der Waals surface area contributed by atoms with Crippen LogP contribution in [0.25, 0.3) is 10.2 Å². The third-order valence-electron chi connectivity index (χ3n) is 3.10. The molecule has 1 heterocycles. The van der Waals surface area contributed by atoms with Gasteiger partial charge in [0.25, 0.3) is 0 Å². The highest BCUT2D eigenvalue weighted by molar-refractivity contribution is 7.22. The molecule has 20 heavy (non-hydrogen) atoms. The Morgan fingerprint density at radius 3 is 2.65 bits per heavy atom. The van der Waals surface area contributed by atoms with Crippen molar-refractivity contribution in [2.75, 3.05) is 32.1 Å². The molecule has 0 aliphatic carbocycles. The molecule has 0 unspecified atom stereocenters. The normalized spacial score (nSPS) is 11.2. The minimum absolute atomic E-state index is 0.141. The molecule has 0 aliphatic rings. The van der Waals surface area contributed by atoms with Crippen molar-refractivity contribution in [2.45, 2.75) is 19.8 Å². The van der Waals surface area contributed by atoms with Crippen molar-refractivity contribution in [3.63, 3.8) is 0 Å². The summed E-state index contributed by atoms with van der Waals surface area (Å²) >= 11 is 1.59. The van der Waals surface area contributed by atoms with Gasteiger partial charge in [-0.25, -0.2) is 4.98 Å². The fourth-order valence-electron chi connectivity index (χ4n) is 2.04. The Balaban J connectivity index is 2.19. The monoisotopic (exact) mass is 291 g/mol. The fraction of sp³-hybridized carbons (Fsp3) is 0.467. The molecule has 0 radical (unpaired) electrons. The van der Waals surface area contributed by atoms with E-state index in [9.17, 15) is 4.79 Å². The zero-order chi connectivity index (χ0) is 14.5. The molecule has 0 N–H and O–H groups in total. The van der Waals surface area contributed by atoms with Gasteiger partial charge in [-0.15, -0.1) is 0 Å². The lowest BCUT2D eigenvalue weighted by Gasteiger charge is -2.20. The Hall–Kier alpha value is -1.46. The highest BCUT2D eigenvalue weighted by atomic mass is 32.1. The molecule has 108 valence electrons. The number of aromatic nitrogens is 1. The van der Waals surface area contributed by atoms with Crippen LogP contribution in [-0.4, -0.2) is 43.0 Å². The Morgan fingerprint density at radius 1 is 1.25 bits per heavy atom. The van der Waals surface area contributed by atoms with Gasteiger partial charge < -0.3 is 4.90 Å². The second kappa shape index (κ2) is 6.81. The lowest BCUT2D eigenvalue weighted by molar-refractivity contribution is -0.118. The van der Waals surface area contributed by atoms with E-state index in [0.717, 1.165) is 34.9 Å². The first-order valence-electron chi connectivity index (χ1n) is 6.92. The summed E-state index contributed by atoms with van der Waals surface area (Å²) in [5.41, 5.74) is 0.967. The van der Waals surface area contributed by atoms with E-state index in [1.165, 1.54) is 0 Å². The first-order chi connectivity index (χ1) is 9.61. The quantitative estimate of drug-likeness (QED) is 0.821. The molecule has 1 amide bonds. The maximum Gasteiger partial charge on any atom is 0.228 e. The zero-order valence-electron chi connectivity index (χ0n) is 12.3. The topological polar surface area (TPSA) is 36.4 Å². The first kappa shape index (κ1) is 14.9. The van der Waals surface area contributed by atoms with E-state index in [1.54, 1.807) is 11.3 Å². The number of carbonyl (C=O) groups excluding carboxylic acids is 1. The molecule has 0 saturated heterocycles. The van der Waals surface area contributed by atoms with Crippen molar-refractivity contribution in [2.24, 2.45) is 0 Å². The van der Waals surface area contributed by atoms with E-state index < -0.39 is 0 Å². The SMILES string of the molecule is CCC(=O)N(CCCN(C)C)c1nc2ccccc2s1. The summed E-state index contributed by atoms with van der Waals surface area (Å²) in [6, 6.07) is 8.01. The van der Waals surface area contributed by atoms with Crippen LogP contribution in [0.4, 0.5) is 5.13 Å². The number of benzene rings is 1. The number of fused-ring (bicyclic) bond motifs is 1. The first-order valence-corrected chi connectivity index (χ1v) is 7.74. The third-order valence-corrected chi connectivity index (χ3v) is 4.16. The number of carbonyl (C=O) groups is 1. The van der Waals surface area contributed by atoms with E-state index >= 15 is 0 Å². The van der Waals surface area contributed by atoms with Gasteiger partial charge in [-0.1, -0.05) is 30.4 Å². The summed E-state index contributed by atoms with van der Waals surface area (Å²) in [5, 5.41) is 0.816. The summed E-state index contributed by atoms with van der Waals surface area (Å²) in [5.74, 6) is 0.141. The lowest BCUT2D eigenvalue weighted by atomic mass is 10.3. The average Bonchev–Trinajstić information content (AvgIpc) is 2.85. The van der Waals surface area contributed by atoms with Crippen LogP contribution in [-0.2, 0) is 4.79 Å². The summed E-state index contributed by atoms with van der Waals surface area (Å²) in [6.07, 6.45) is 1.46. The number of amides is 1. The summed E-state index contributed by atoms with van der Waals surface area (Å²) < 4.78 is 1.13. The fourth-order valence-corrected chi connectivity index (χ4v) is 3.05. The zero-order valence-corrected chi connectivity index (χ0v) is 13.1. The summed E-state index contributed by atoms with van der Waals surface area (Å²) in [7, 11) is 4.09. The van der Waals surface area contributed by atoms with Gasteiger partial charge in [0.05, 0.1) is 10.2 Å². The van der Waals surface area contributed by atoms with Gasteiger partial charge in [0.15, 0.2) is 5.13 Å². The minimum Gasteiger partial charge on any atom is -0.309 e. The van der Waals surface area contributed by atoms with Crippen molar-refractivity contribution >= 4 is 32.6 Å². The number of rotatable bonds is 6. The summed E-state index contributed by atoms with van der Waals surface area (Å²) in [4.78, 5) is 20.7. The molecule has 1 aromatic carbocycles. The second-order valence-corrected chi connectivity index (χ2v) is 6.03. The second-order valence-electron chi connectivity index (χ2n) is 5.02. The molecular formula is C15H21N3OS. The molecule has 0 fully saturated rings. The van der Waals surface area contributed by atoms with Crippen LogP contribution in [0.15, 0.2) is 24.3 Å². The molecule has 0 aliphatic heterocycles. The van der Waals surface area contributed by atoms with E-state index in [0.29, 0.717) is 6.42 Å². The Bertz CT molecular complexity index is 546. The average molecular weight is 291 g/mol. The smallest absolute Gasteiger partial charge is 0.228 e. The molecule has 0 spiro atoms. The van der Waals surface area contributed by atoms with Crippen LogP contribution in [0, 0.1) is 0 Å². The van der Waals surface area contributed by atoms with Crippen molar-refractivity contribution in [1.82, 2.24) is 9.88 Å². The standard InChI is InChI=1S/C15H21N3OS/c1-4-14(19)18(11-7-10-17(2)3)15-16-12-8-5-6-9-13(12)20-15/h5-6,8-9H,4,7,10-11H2,1-3H3. The predicted octanol–water partition coefficient (Wildman–Crippen LogP) is 2.99. The highest BCUT2D eigenvalue weighted by Gasteiger charge is 2.17. The minimum atomic E-state index is 0.141. The molecular weight excluding hydrogens is 270 g/mol. The van der Waals surface area contributed by atoms with Gasteiger partial charge in [-0.3, -0.25) is 9.69 Å². The molecule has 2 aromatic rings. The van der Waals surface area contributed by atoms with Crippen molar-refractivity contribution in [1.29, 1.82) is 0 Å². The Labute approximate surface area is 124 Å². The maximum absolute atomic E-state index is 12.1. The van der Waals surface area contributed by atoms with Gasteiger partial charge in [0, 0.05) is 13.0 Å². The molecule has 0 bridgehead atoms. The van der Waals surface area contributed by atoms with Gasteiger partial charge in [0.1, 0.15) is 0 Å². The van der Waals surface area contributed by atoms with Crippen LogP contribution < -0.4 is 4.90 Å². The van der Waals surface area contributed by atoms with Crippen LogP contribution in [0.1, 0.15) is 19.8 Å². The van der Waals surface area contributed by atoms with Crippen LogP contribution in [0.3, 0.4) is 0 Å². The maximum atomic E-state index is 12.1. The van der Waals surface area contributed by atoms with Crippen LogP contribution in [0.2, 0.25) is 0 Å². The van der Waals surface area contributed by atoms with Gasteiger partial charge in [-0.2, -0.15) is 0 Å². The molecule has 1 aromatic heterocycles. The third kappa shape index (κ3) is 3.55. The number of nitrogens with zero attached hydrogens (tertiary/aromatic N) is 3. The van der Waals surface area contributed by atoms with Gasteiger partial charge in [-0.05, 0) is 39.2 Å². The van der Waals surface area contributed by atoms with Gasteiger partial charge >= 0.3 is 0 Å². The van der Waals surface area contributed by atoms with Crippen molar-refractivity contribution < 1.29 is 4.79 Å². The molecule has 5 heteroatoms. The number of thiazole rings is 1. The van der Waals surface area contributed by atoms with E-state index in [1.807, 2.05) is 50.2 Å². The van der Waals surface area contributed by atoms with Crippen LogP contribution in [0.5, 0.6) is 0 Å². The number of anilines is 1. The van der Waals surface area contributed by atoms with Crippen molar-refractivity contribution in [3.05, 3.63) is 24.3 Å². The Kier molecular flexibility index (Phi) is 5.09. The van der Waals surface area contributed by atoms with Gasteiger partial charge in [0.2, 0.25) is 5.91 Å². The number of hydrogen-bond donors (Lipinski definition) is 0. The molecule has 2 rings (SSSR count). The van der Waals surface area contributed by atoms with E-state index in [-0.39, 0.29) is 5.91 Å². The van der Waals surface area contributed by atoms with Crippen LogP contribution >= 0.6 is 11.3 Å². The van der Waals surface area contributed by atoms with E-state index in [2.05, 4.69) is 9.88 Å². The lowest BCUT2D eigenvalue weighted by Crippen LogP contribution is -2.32. The van der Waals surface area contributed by atoms with E-state index in [4.69, 9.17) is 0 Å².